The van der Waals surface area contributed by atoms with Gasteiger partial charge in [0, 0.05) is 16.7 Å². The average molecular weight is 513 g/mol. The van der Waals surface area contributed by atoms with Gasteiger partial charge in [0.25, 0.3) is 0 Å². The maximum absolute atomic E-state index is 11.3. The van der Waals surface area contributed by atoms with Crippen LogP contribution in [0.4, 0.5) is 0 Å². The van der Waals surface area contributed by atoms with E-state index < -0.39 is 35.9 Å². The highest BCUT2D eigenvalue weighted by Gasteiger charge is 2.14. The van der Waals surface area contributed by atoms with Crippen molar-refractivity contribution in [2.45, 2.75) is 20.8 Å². The van der Waals surface area contributed by atoms with Gasteiger partial charge in [0.05, 0.1) is 0 Å². The van der Waals surface area contributed by atoms with Crippen molar-refractivity contribution in [1.82, 2.24) is 15.0 Å². The molecule has 36 heavy (non-hydrogen) atoms. The third-order valence-electron chi connectivity index (χ3n) is 3.22. The second-order valence-corrected chi connectivity index (χ2v) is 6.65. The molecule has 1 heterocycles. The van der Waals surface area contributed by atoms with E-state index in [2.05, 4.69) is 34.7 Å². The molecule has 15 heteroatoms. The summed E-state index contributed by atoms with van der Waals surface area (Å²) in [7, 11) is 0. The Kier molecular flexibility index (Phi) is 13.8. The highest BCUT2D eigenvalue weighted by atomic mass is 17.2. The van der Waals surface area contributed by atoms with Crippen LogP contribution in [-0.2, 0) is 43.3 Å². The second-order valence-electron chi connectivity index (χ2n) is 6.65. The van der Waals surface area contributed by atoms with Crippen LogP contribution in [0.3, 0.4) is 0 Å². The first-order valence-electron chi connectivity index (χ1n) is 10.2. The van der Waals surface area contributed by atoms with Crippen LogP contribution in [0.15, 0.2) is 36.5 Å². The fourth-order valence-corrected chi connectivity index (χ4v) is 1.59. The van der Waals surface area contributed by atoms with Crippen molar-refractivity contribution in [2.75, 3.05) is 39.6 Å². The smallest absolute Gasteiger partial charge is 0.362 e. The molecule has 0 radical (unpaired) electrons. The number of esters is 3. The molecule has 0 aliphatic rings. The lowest BCUT2D eigenvalue weighted by atomic mass is 10.4. The Bertz CT molecular complexity index is 819. The van der Waals surface area contributed by atoms with E-state index in [-0.39, 0.29) is 56.4 Å². The third-order valence-corrected chi connectivity index (χ3v) is 3.22. The van der Waals surface area contributed by atoms with Crippen LogP contribution in [-0.4, -0.2) is 72.5 Å². The molecule has 15 nitrogen and oxygen atoms in total. The Balaban J connectivity index is 2.61. The predicted molar refractivity (Wildman–Crippen MR) is 117 cm³/mol. The summed E-state index contributed by atoms with van der Waals surface area (Å²) in [5.74, 6) is -1.79. The Morgan fingerprint density at radius 2 is 0.778 bits per heavy atom. The number of ether oxygens (including phenoxy) is 3. The number of hydrogen-bond acceptors (Lipinski definition) is 15. The molecular formula is C21H27N3O12. The molecule has 1 aromatic heterocycles. The fourth-order valence-electron chi connectivity index (χ4n) is 1.59. The standard InChI is InChI=1S/C21H27N3O12/c1-13(2)16(25)28-7-10-31-34-19-22-20(35-32-11-8-29-17(26)14(3)4)24-21(23-19)36-33-12-9-30-18(27)15(5)6/h1,3,5,7-12H2,2,4,6H3. The molecule has 0 aliphatic heterocycles. The van der Waals surface area contributed by atoms with Crippen LogP contribution in [0.25, 0.3) is 0 Å². The summed E-state index contributed by atoms with van der Waals surface area (Å²) in [6.45, 7) is 13.9. The van der Waals surface area contributed by atoms with E-state index in [1.807, 2.05) is 0 Å². The van der Waals surface area contributed by atoms with Crippen LogP contribution in [0.2, 0.25) is 0 Å². The minimum atomic E-state index is -0.595. The zero-order valence-electron chi connectivity index (χ0n) is 20.1. The normalized spacial score (nSPS) is 10.1. The van der Waals surface area contributed by atoms with E-state index in [0.717, 1.165) is 0 Å². The van der Waals surface area contributed by atoms with Gasteiger partial charge in [-0.05, 0) is 20.8 Å². The zero-order valence-corrected chi connectivity index (χ0v) is 20.1. The topological polar surface area (TPSA) is 173 Å². The van der Waals surface area contributed by atoms with Crippen LogP contribution < -0.4 is 14.7 Å². The van der Waals surface area contributed by atoms with Crippen LogP contribution in [0.1, 0.15) is 20.8 Å². The lowest BCUT2D eigenvalue weighted by Crippen LogP contribution is -2.15. The van der Waals surface area contributed by atoms with Crippen molar-refractivity contribution < 1.29 is 57.9 Å². The van der Waals surface area contributed by atoms with Crippen LogP contribution in [0.5, 0.6) is 18.0 Å². The molecule has 1 rings (SSSR count). The monoisotopic (exact) mass is 513 g/mol. The second kappa shape index (κ2) is 16.5. The third kappa shape index (κ3) is 13.0. The number of hydrogen-bond donors (Lipinski definition) is 0. The van der Waals surface area contributed by atoms with Crippen molar-refractivity contribution in [3.63, 3.8) is 0 Å². The molecule has 0 unspecified atom stereocenters. The number of aromatic nitrogens is 3. The fraction of sp³-hybridized carbons (Fsp3) is 0.429. The molecule has 0 atom stereocenters. The van der Waals surface area contributed by atoms with Gasteiger partial charge in [-0.2, -0.15) is 14.7 Å². The molecular weight excluding hydrogens is 486 g/mol. The Labute approximate surface area is 206 Å². The van der Waals surface area contributed by atoms with Crippen molar-refractivity contribution in [3.8, 4) is 18.0 Å². The number of carbonyl (C=O) groups excluding carboxylic acids is 3. The molecule has 0 N–H and O–H groups in total. The molecule has 198 valence electrons. The van der Waals surface area contributed by atoms with Gasteiger partial charge in [-0.15, -0.1) is 15.0 Å². The lowest BCUT2D eigenvalue weighted by Gasteiger charge is -2.09. The highest BCUT2D eigenvalue weighted by molar-refractivity contribution is 5.87. The van der Waals surface area contributed by atoms with Crippen molar-refractivity contribution >= 4 is 17.9 Å². The van der Waals surface area contributed by atoms with Gasteiger partial charge < -0.3 is 14.2 Å². The highest BCUT2D eigenvalue weighted by Crippen LogP contribution is 2.15. The maximum atomic E-state index is 11.3. The first kappa shape index (κ1) is 30.0. The van der Waals surface area contributed by atoms with Gasteiger partial charge >= 0.3 is 35.9 Å². The number of carbonyl (C=O) groups is 3. The molecule has 0 bridgehead atoms. The number of nitrogens with zero attached hydrogens (tertiary/aromatic N) is 3. The minimum absolute atomic E-state index is 0.137. The average Bonchev–Trinajstić information content (AvgIpc) is 2.82. The van der Waals surface area contributed by atoms with E-state index >= 15 is 0 Å². The Morgan fingerprint density at radius 1 is 0.528 bits per heavy atom. The molecule has 0 saturated heterocycles. The van der Waals surface area contributed by atoms with Crippen LogP contribution >= 0.6 is 0 Å². The first-order valence-corrected chi connectivity index (χ1v) is 10.2. The van der Waals surface area contributed by atoms with E-state index in [1.54, 1.807) is 0 Å². The van der Waals surface area contributed by atoms with E-state index in [9.17, 15) is 14.4 Å². The van der Waals surface area contributed by atoms with Crippen molar-refractivity contribution in [1.29, 1.82) is 0 Å². The summed E-state index contributed by atoms with van der Waals surface area (Å²) in [4.78, 5) is 74.5. The first-order chi connectivity index (χ1) is 17.1. The van der Waals surface area contributed by atoms with E-state index in [0.29, 0.717) is 0 Å². The van der Waals surface area contributed by atoms with E-state index in [4.69, 9.17) is 43.5 Å². The van der Waals surface area contributed by atoms with Gasteiger partial charge in [-0.3, -0.25) is 14.7 Å². The summed E-state index contributed by atoms with van der Waals surface area (Å²) in [5, 5.41) is 0. The molecule has 0 fully saturated rings. The molecule has 0 spiro atoms. The summed E-state index contributed by atoms with van der Waals surface area (Å²) in [6.07, 6.45) is 0. The van der Waals surface area contributed by atoms with Gasteiger partial charge in [-0.25, -0.2) is 14.4 Å². The molecule has 0 amide bonds. The minimum Gasteiger partial charge on any atom is -0.460 e. The van der Waals surface area contributed by atoms with Gasteiger partial charge in [0.1, 0.15) is 39.6 Å². The van der Waals surface area contributed by atoms with Gasteiger partial charge in [0.15, 0.2) is 0 Å². The van der Waals surface area contributed by atoms with Crippen molar-refractivity contribution in [3.05, 3.63) is 36.5 Å². The molecule has 0 aliphatic carbocycles. The summed E-state index contributed by atoms with van der Waals surface area (Å²) < 4.78 is 14.5. The van der Waals surface area contributed by atoms with E-state index in [1.165, 1.54) is 20.8 Å². The van der Waals surface area contributed by atoms with Crippen molar-refractivity contribution in [2.24, 2.45) is 0 Å². The largest absolute Gasteiger partial charge is 0.460 e. The van der Waals surface area contributed by atoms with Gasteiger partial charge in [-0.1, -0.05) is 19.7 Å². The lowest BCUT2D eigenvalue weighted by molar-refractivity contribution is -0.237. The van der Waals surface area contributed by atoms with Crippen LogP contribution in [0, 0.1) is 0 Å². The number of rotatable bonds is 18. The molecule has 1 aromatic rings. The Morgan fingerprint density at radius 3 is 1.00 bits per heavy atom. The summed E-state index contributed by atoms with van der Waals surface area (Å²) >= 11 is 0. The molecule has 0 aromatic carbocycles. The summed E-state index contributed by atoms with van der Waals surface area (Å²) in [5.41, 5.74) is 0.669. The zero-order chi connectivity index (χ0) is 26.9. The quantitative estimate of drug-likeness (QED) is 0.0682. The molecule has 0 saturated carbocycles. The SMILES string of the molecule is C=C(C)C(=O)OCCOOc1nc(OOCCOC(=O)C(=C)C)nc(OOCCOC(=O)C(=C)C)n1. The maximum Gasteiger partial charge on any atom is 0.362 e. The summed E-state index contributed by atoms with van der Waals surface area (Å²) in [6, 6.07) is -1.30. The van der Waals surface area contributed by atoms with Gasteiger partial charge in [0.2, 0.25) is 0 Å². The predicted octanol–water partition coefficient (Wildman–Crippen LogP) is 1.16. The Hall–Kier alpha value is -4.08.